The average molecular weight is 342 g/mol. The monoisotopic (exact) mass is 341 g/mol. The number of nitrogens with zero attached hydrogens (tertiary/aromatic N) is 1. The Hall–Kier alpha value is -0.770. The number of benzene rings is 1. The Bertz CT molecular complexity index is 478. The minimum Gasteiger partial charge on any atom is -0.491 e. The number of aryl methyl sites for hydroxylation is 1. The van der Waals surface area contributed by atoms with E-state index in [4.69, 9.17) is 4.74 Å². The zero-order valence-electron chi connectivity index (χ0n) is 14.9. The molecule has 23 heavy (non-hydrogen) atoms. The van der Waals surface area contributed by atoms with Gasteiger partial charge in [-0.3, -0.25) is 0 Å². The van der Waals surface area contributed by atoms with Crippen LogP contribution in [-0.2, 0) is 0 Å². The van der Waals surface area contributed by atoms with Crippen molar-refractivity contribution in [1.29, 1.82) is 0 Å². The van der Waals surface area contributed by atoms with Crippen LogP contribution in [0.25, 0.3) is 0 Å². The zero-order chi connectivity index (χ0) is 16.1. The summed E-state index contributed by atoms with van der Waals surface area (Å²) in [7, 11) is 0. The molecule has 1 aromatic rings. The van der Waals surface area contributed by atoms with Crippen molar-refractivity contribution in [3.8, 4) is 5.75 Å². The first-order valence-corrected chi connectivity index (χ1v) is 8.59. The van der Waals surface area contributed by atoms with Crippen LogP contribution in [0.15, 0.2) is 18.2 Å². The summed E-state index contributed by atoms with van der Waals surface area (Å²) in [6.45, 7) is 12.1. The van der Waals surface area contributed by atoms with Crippen LogP contribution in [0, 0.1) is 12.8 Å². The van der Waals surface area contributed by atoms with Gasteiger partial charge in [0.15, 0.2) is 0 Å². The highest BCUT2D eigenvalue weighted by molar-refractivity contribution is 5.85. The predicted molar refractivity (Wildman–Crippen MR) is 98.9 cm³/mol. The minimum absolute atomic E-state index is 0. The van der Waals surface area contributed by atoms with E-state index in [9.17, 15) is 5.11 Å². The molecule has 4 heteroatoms. The third-order valence-electron chi connectivity index (χ3n) is 4.52. The number of piperidine rings is 1. The Kier molecular flexibility index (Phi) is 8.38. The van der Waals surface area contributed by atoms with Crippen molar-refractivity contribution >= 4 is 12.4 Å². The molecule has 0 aliphatic carbocycles. The van der Waals surface area contributed by atoms with Crippen molar-refractivity contribution in [2.24, 2.45) is 5.92 Å². The number of hydrogen-bond donors (Lipinski definition) is 1. The minimum atomic E-state index is -0.421. The van der Waals surface area contributed by atoms with Gasteiger partial charge in [0.05, 0.1) is 0 Å². The third kappa shape index (κ3) is 6.33. The summed E-state index contributed by atoms with van der Waals surface area (Å²) >= 11 is 0. The van der Waals surface area contributed by atoms with Gasteiger partial charge in [0.1, 0.15) is 18.5 Å². The van der Waals surface area contributed by atoms with E-state index in [2.05, 4.69) is 44.7 Å². The van der Waals surface area contributed by atoms with Crippen LogP contribution < -0.4 is 4.74 Å². The lowest BCUT2D eigenvalue weighted by Gasteiger charge is -2.32. The van der Waals surface area contributed by atoms with Gasteiger partial charge in [-0.2, -0.15) is 0 Å². The van der Waals surface area contributed by atoms with E-state index in [1.807, 2.05) is 6.07 Å². The van der Waals surface area contributed by atoms with Crippen LogP contribution in [0.1, 0.15) is 50.7 Å². The first kappa shape index (κ1) is 20.3. The summed E-state index contributed by atoms with van der Waals surface area (Å²) in [6, 6.07) is 6.22. The van der Waals surface area contributed by atoms with Gasteiger partial charge in [-0.1, -0.05) is 26.8 Å². The summed E-state index contributed by atoms with van der Waals surface area (Å²) < 4.78 is 5.78. The van der Waals surface area contributed by atoms with Crippen LogP contribution in [0.4, 0.5) is 0 Å². The highest BCUT2D eigenvalue weighted by Gasteiger charge is 2.19. The quantitative estimate of drug-likeness (QED) is 0.848. The second-order valence-electron chi connectivity index (χ2n) is 7.14. The van der Waals surface area contributed by atoms with Gasteiger partial charge in [0.25, 0.3) is 0 Å². The van der Waals surface area contributed by atoms with Gasteiger partial charge in [-0.15, -0.1) is 12.4 Å². The molecule has 3 nitrogen and oxygen atoms in total. The van der Waals surface area contributed by atoms with E-state index < -0.39 is 6.10 Å². The molecular weight excluding hydrogens is 310 g/mol. The molecule has 2 rings (SSSR count). The van der Waals surface area contributed by atoms with Gasteiger partial charge >= 0.3 is 0 Å². The van der Waals surface area contributed by atoms with E-state index in [-0.39, 0.29) is 12.4 Å². The normalized spacial score (nSPS) is 20.2. The molecule has 1 saturated heterocycles. The SMILES string of the molecule is Cc1cc(OCC(O)CN2CCCC(C)C2)ccc1C(C)C.Cl. The maximum absolute atomic E-state index is 10.2. The van der Waals surface area contributed by atoms with Crippen molar-refractivity contribution in [3.63, 3.8) is 0 Å². The lowest BCUT2D eigenvalue weighted by molar-refractivity contribution is 0.0537. The van der Waals surface area contributed by atoms with E-state index in [0.717, 1.165) is 24.8 Å². The van der Waals surface area contributed by atoms with E-state index >= 15 is 0 Å². The van der Waals surface area contributed by atoms with Crippen LogP contribution in [0.3, 0.4) is 0 Å². The molecular formula is C19H32ClNO2. The molecule has 1 N–H and O–H groups in total. The molecule has 0 amide bonds. The number of likely N-dealkylation sites (tertiary alicyclic amines) is 1. The van der Waals surface area contributed by atoms with Crippen LogP contribution in [0.5, 0.6) is 5.75 Å². The molecule has 2 unspecified atom stereocenters. The Morgan fingerprint density at radius 1 is 1.35 bits per heavy atom. The summed E-state index contributed by atoms with van der Waals surface area (Å²) in [5.41, 5.74) is 2.61. The zero-order valence-corrected chi connectivity index (χ0v) is 15.7. The maximum atomic E-state index is 10.2. The van der Waals surface area contributed by atoms with Crippen molar-refractivity contribution in [3.05, 3.63) is 29.3 Å². The highest BCUT2D eigenvalue weighted by atomic mass is 35.5. The first-order valence-electron chi connectivity index (χ1n) is 8.59. The molecule has 1 heterocycles. The second kappa shape index (κ2) is 9.51. The number of hydrogen-bond acceptors (Lipinski definition) is 3. The fraction of sp³-hybridized carbons (Fsp3) is 0.684. The Labute approximate surface area is 147 Å². The standard InChI is InChI=1S/C19H31NO2.ClH/c1-14(2)19-8-7-18(10-16(19)4)22-13-17(21)12-20-9-5-6-15(3)11-20;/h7-8,10,14-15,17,21H,5-6,9,11-13H2,1-4H3;1H. The maximum Gasteiger partial charge on any atom is 0.119 e. The Balaban J connectivity index is 0.00000264. The van der Waals surface area contributed by atoms with Gasteiger partial charge in [-0.25, -0.2) is 0 Å². The van der Waals surface area contributed by atoms with Crippen molar-refractivity contribution in [2.75, 3.05) is 26.2 Å². The lowest BCUT2D eigenvalue weighted by atomic mass is 9.98. The van der Waals surface area contributed by atoms with Crippen LogP contribution in [-0.4, -0.2) is 42.4 Å². The molecule has 0 aromatic heterocycles. The smallest absolute Gasteiger partial charge is 0.119 e. The van der Waals surface area contributed by atoms with E-state index in [1.54, 1.807) is 0 Å². The summed E-state index contributed by atoms with van der Waals surface area (Å²) in [6.07, 6.45) is 2.13. The van der Waals surface area contributed by atoms with Crippen molar-refractivity contribution < 1.29 is 9.84 Å². The first-order chi connectivity index (χ1) is 10.5. The van der Waals surface area contributed by atoms with Crippen molar-refractivity contribution in [1.82, 2.24) is 4.90 Å². The van der Waals surface area contributed by atoms with Crippen LogP contribution >= 0.6 is 12.4 Å². The van der Waals surface area contributed by atoms with E-state index in [1.165, 1.54) is 24.0 Å². The largest absolute Gasteiger partial charge is 0.491 e. The number of β-amino-alcohol motifs (C(OH)–C–C–N with tert-alkyl or cyclic N) is 1. The predicted octanol–water partition coefficient (Wildman–Crippen LogP) is 4.01. The molecule has 132 valence electrons. The van der Waals surface area contributed by atoms with Gasteiger partial charge in [0.2, 0.25) is 0 Å². The fourth-order valence-electron chi connectivity index (χ4n) is 3.38. The molecule has 1 aliphatic heterocycles. The third-order valence-corrected chi connectivity index (χ3v) is 4.52. The van der Waals surface area contributed by atoms with E-state index in [0.29, 0.717) is 19.1 Å². The molecule has 0 bridgehead atoms. The fourth-order valence-corrected chi connectivity index (χ4v) is 3.38. The molecule has 1 aromatic carbocycles. The number of aliphatic hydroxyl groups excluding tert-OH is 1. The Morgan fingerprint density at radius 2 is 2.09 bits per heavy atom. The Morgan fingerprint density at radius 3 is 2.70 bits per heavy atom. The molecule has 0 spiro atoms. The molecule has 2 atom stereocenters. The van der Waals surface area contributed by atoms with Crippen molar-refractivity contribution in [2.45, 2.75) is 52.6 Å². The summed E-state index contributed by atoms with van der Waals surface area (Å²) in [4.78, 5) is 2.36. The van der Waals surface area contributed by atoms with Gasteiger partial charge in [-0.05, 0) is 61.4 Å². The lowest BCUT2D eigenvalue weighted by Crippen LogP contribution is -2.41. The van der Waals surface area contributed by atoms with Gasteiger partial charge in [0, 0.05) is 13.1 Å². The number of ether oxygens (including phenoxy) is 1. The summed E-state index contributed by atoms with van der Waals surface area (Å²) in [5.74, 6) is 2.13. The summed E-state index contributed by atoms with van der Waals surface area (Å²) in [5, 5.41) is 10.2. The topological polar surface area (TPSA) is 32.7 Å². The average Bonchev–Trinajstić information content (AvgIpc) is 2.45. The number of aliphatic hydroxyl groups is 1. The van der Waals surface area contributed by atoms with Crippen LogP contribution in [0.2, 0.25) is 0 Å². The molecule has 0 radical (unpaired) electrons. The molecule has 1 fully saturated rings. The highest BCUT2D eigenvalue weighted by Crippen LogP contribution is 2.23. The number of rotatable bonds is 6. The molecule has 1 aliphatic rings. The number of halogens is 1. The second-order valence-corrected chi connectivity index (χ2v) is 7.14. The van der Waals surface area contributed by atoms with Gasteiger partial charge < -0.3 is 14.7 Å². The molecule has 0 saturated carbocycles.